The molecule has 0 bridgehead atoms. The molecule has 1 aromatic carbocycles. The van der Waals surface area contributed by atoms with Crippen molar-refractivity contribution < 1.29 is 22.4 Å². The number of furan rings is 1. The lowest BCUT2D eigenvalue weighted by molar-refractivity contribution is 0.0609. The molecule has 1 aromatic heterocycles. The highest BCUT2D eigenvalue weighted by Gasteiger charge is 2.24. The van der Waals surface area contributed by atoms with Gasteiger partial charge in [0.25, 0.3) is 5.91 Å². The number of hydrogen-bond acceptors (Lipinski definition) is 6. The average molecular weight is 441 g/mol. The smallest absolute Gasteiger partial charge is 0.289 e. The van der Waals surface area contributed by atoms with Gasteiger partial charge < -0.3 is 14.1 Å². The predicted octanol–water partition coefficient (Wildman–Crippen LogP) is 2.62. The van der Waals surface area contributed by atoms with Crippen molar-refractivity contribution in [2.24, 2.45) is 0 Å². The van der Waals surface area contributed by atoms with Crippen molar-refractivity contribution in [3.63, 3.8) is 0 Å². The Morgan fingerprint density at radius 1 is 1.17 bits per heavy atom. The summed E-state index contributed by atoms with van der Waals surface area (Å²) in [6.45, 7) is 4.99. The molecule has 0 unspecified atom stereocenters. The second kappa shape index (κ2) is 9.19. The lowest BCUT2D eigenvalue weighted by Crippen LogP contribution is -2.49. The van der Waals surface area contributed by atoms with Crippen LogP contribution < -0.4 is 4.74 Å². The molecule has 158 valence electrons. The molecule has 0 N–H and O–H groups in total. The van der Waals surface area contributed by atoms with Gasteiger partial charge in [0, 0.05) is 44.0 Å². The van der Waals surface area contributed by atoms with Gasteiger partial charge in [-0.05, 0) is 42.8 Å². The summed E-state index contributed by atoms with van der Waals surface area (Å²) in [6, 6.07) is 8.80. The molecule has 29 heavy (non-hydrogen) atoms. The van der Waals surface area contributed by atoms with Gasteiger partial charge in [0.2, 0.25) is 0 Å². The van der Waals surface area contributed by atoms with Crippen LogP contribution in [0.25, 0.3) is 0 Å². The first-order valence-electron chi connectivity index (χ1n) is 9.38. The molecule has 1 saturated heterocycles. The minimum Gasteiger partial charge on any atom is -0.486 e. The summed E-state index contributed by atoms with van der Waals surface area (Å²) in [5.41, 5.74) is 0.926. The number of amides is 1. The van der Waals surface area contributed by atoms with Gasteiger partial charge in [-0.15, -0.1) is 0 Å². The third-order valence-electron chi connectivity index (χ3n) is 4.82. The van der Waals surface area contributed by atoms with Gasteiger partial charge in [-0.3, -0.25) is 9.69 Å². The van der Waals surface area contributed by atoms with Gasteiger partial charge in [-0.2, -0.15) is 0 Å². The number of aryl methyl sites for hydroxylation is 1. The fraction of sp³-hybridized carbons (Fsp3) is 0.450. The van der Waals surface area contributed by atoms with Crippen LogP contribution in [0.1, 0.15) is 21.9 Å². The molecule has 1 aliphatic heterocycles. The third-order valence-corrected chi connectivity index (χ3v) is 6.17. The normalized spacial score (nSPS) is 15.5. The van der Waals surface area contributed by atoms with Crippen LogP contribution in [0.5, 0.6) is 5.75 Å². The summed E-state index contributed by atoms with van der Waals surface area (Å²) in [7, 11) is -2.98. The Kier molecular flexibility index (Phi) is 6.87. The number of halogens is 1. The average Bonchev–Trinajstić information content (AvgIpc) is 3.15. The van der Waals surface area contributed by atoms with Crippen LogP contribution in [0.3, 0.4) is 0 Å². The van der Waals surface area contributed by atoms with Crippen molar-refractivity contribution in [3.8, 4) is 5.75 Å². The summed E-state index contributed by atoms with van der Waals surface area (Å²) in [6.07, 6.45) is 1.24. The molecule has 2 aromatic rings. The second-order valence-electron chi connectivity index (χ2n) is 7.23. The van der Waals surface area contributed by atoms with Crippen LogP contribution in [0.2, 0.25) is 5.02 Å². The molecule has 2 heterocycles. The number of nitrogens with zero attached hydrogens (tertiary/aromatic N) is 2. The molecule has 3 rings (SSSR count). The Hall–Kier alpha value is -2.03. The molecular formula is C20H25ClN2O5S. The van der Waals surface area contributed by atoms with Gasteiger partial charge in [0.1, 0.15) is 28.0 Å². The van der Waals surface area contributed by atoms with Crippen LogP contribution >= 0.6 is 11.6 Å². The number of sulfone groups is 1. The second-order valence-corrected chi connectivity index (χ2v) is 9.90. The van der Waals surface area contributed by atoms with Gasteiger partial charge in [-0.1, -0.05) is 11.6 Å². The first-order valence-corrected chi connectivity index (χ1v) is 11.8. The van der Waals surface area contributed by atoms with Gasteiger partial charge in [0.15, 0.2) is 5.76 Å². The van der Waals surface area contributed by atoms with E-state index in [-0.39, 0.29) is 24.0 Å². The predicted molar refractivity (Wildman–Crippen MR) is 111 cm³/mol. The number of benzene rings is 1. The molecule has 0 aliphatic carbocycles. The number of rotatable bonds is 7. The maximum atomic E-state index is 12.7. The monoisotopic (exact) mass is 440 g/mol. The summed E-state index contributed by atoms with van der Waals surface area (Å²) >= 11 is 6.01. The largest absolute Gasteiger partial charge is 0.486 e. The van der Waals surface area contributed by atoms with Gasteiger partial charge in [0.05, 0.1) is 5.75 Å². The summed E-state index contributed by atoms with van der Waals surface area (Å²) in [4.78, 5) is 16.4. The van der Waals surface area contributed by atoms with Gasteiger partial charge >= 0.3 is 0 Å². The van der Waals surface area contributed by atoms with Crippen LogP contribution in [-0.4, -0.2) is 68.9 Å². The lowest BCUT2D eigenvalue weighted by atomic mass is 10.2. The first-order chi connectivity index (χ1) is 13.7. The molecule has 0 atom stereocenters. The lowest BCUT2D eigenvalue weighted by Gasteiger charge is -2.34. The Labute approximate surface area is 176 Å². The van der Waals surface area contributed by atoms with Crippen molar-refractivity contribution in [1.29, 1.82) is 0 Å². The van der Waals surface area contributed by atoms with E-state index in [0.29, 0.717) is 49.3 Å². The van der Waals surface area contributed by atoms with E-state index in [4.69, 9.17) is 20.8 Å². The molecule has 1 fully saturated rings. The number of carbonyl (C=O) groups excluding carboxylic acids is 1. The number of piperazine rings is 1. The molecule has 7 nitrogen and oxygen atoms in total. The van der Waals surface area contributed by atoms with E-state index in [2.05, 4.69) is 4.90 Å². The molecule has 0 spiro atoms. The van der Waals surface area contributed by atoms with Crippen molar-refractivity contribution >= 4 is 27.3 Å². The van der Waals surface area contributed by atoms with E-state index in [1.54, 1.807) is 29.2 Å². The fourth-order valence-electron chi connectivity index (χ4n) is 3.06. The van der Waals surface area contributed by atoms with Crippen LogP contribution in [0.15, 0.2) is 34.7 Å². The fourth-order valence-corrected chi connectivity index (χ4v) is 3.76. The zero-order valence-electron chi connectivity index (χ0n) is 16.6. The topological polar surface area (TPSA) is 80.1 Å². The zero-order valence-corrected chi connectivity index (χ0v) is 18.1. The maximum Gasteiger partial charge on any atom is 0.289 e. The van der Waals surface area contributed by atoms with Crippen molar-refractivity contribution in [1.82, 2.24) is 9.80 Å². The van der Waals surface area contributed by atoms with Crippen molar-refractivity contribution in [2.75, 3.05) is 44.7 Å². The Morgan fingerprint density at radius 2 is 1.90 bits per heavy atom. The maximum absolute atomic E-state index is 12.7. The van der Waals surface area contributed by atoms with E-state index in [9.17, 15) is 13.2 Å². The third kappa shape index (κ3) is 6.22. The molecule has 1 amide bonds. The number of carbonyl (C=O) groups is 1. The summed E-state index contributed by atoms with van der Waals surface area (Å²) in [5, 5.41) is 0.680. The Morgan fingerprint density at radius 3 is 2.55 bits per heavy atom. The van der Waals surface area contributed by atoms with E-state index in [0.717, 1.165) is 5.56 Å². The molecule has 1 aliphatic rings. The van der Waals surface area contributed by atoms with E-state index in [1.807, 2.05) is 13.0 Å². The zero-order chi connectivity index (χ0) is 21.0. The van der Waals surface area contributed by atoms with Crippen molar-refractivity contribution in [2.45, 2.75) is 13.5 Å². The van der Waals surface area contributed by atoms with E-state index >= 15 is 0 Å². The minimum absolute atomic E-state index is 0.135. The van der Waals surface area contributed by atoms with Crippen LogP contribution in [0, 0.1) is 6.92 Å². The molecular weight excluding hydrogens is 416 g/mol. The van der Waals surface area contributed by atoms with Gasteiger partial charge in [-0.25, -0.2) is 8.42 Å². The highest BCUT2D eigenvalue weighted by Crippen LogP contribution is 2.22. The highest BCUT2D eigenvalue weighted by atomic mass is 35.5. The molecule has 0 radical (unpaired) electrons. The van der Waals surface area contributed by atoms with Crippen LogP contribution in [-0.2, 0) is 16.4 Å². The SMILES string of the molecule is Cc1cc(OCc2ccc(C(=O)N3CCN(CCS(C)(=O)=O)CC3)o2)ccc1Cl. The van der Waals surface area contributed by atoms with Crippen LogP contribution in [0.4, 0.5) is 0 Å². The summed E-state index contributed by atoms with van der Waals surface area (Å²) in [5.74, 6) is 1.49. The first kappa shape index (κ1) is 21.7. The molecule has 0 saturated carbocycles. The number of hydrogen-bond donors (Lipinski definition) is 0. The molecule has 9 heteroatoms. The minimum atomic E-state index is -2.98. The van der Waals surface area contributed by atoms with E-state index in [1.165, 1.54) is 6.26 Å². The number of ether oxygens (including phenoxy) is 1. The van der Waals surface area contributed by atoms with E-state index < -0.39 is 9.84 Å². The Balaban J connectivity index is 1.50. The standard InChI is InChI=1S/C20H25ClN2O5S/c1-15-13-16(3-5-18(15)21)27-14-17-4-6-19(28-17)20(24)23-9-7-22(8-10-23)11-12-29(2,25)26/h3-6,13H,7-12,14H2,1-2H3. The highest BCUT2D eigenvalue weighted by molar-refractivity contribution is 7.90. The van der Waals surface area contributed by atoms with Crippen molar-refractivity contribution in [3.05, 3.63) is 52.4 Å². The summed E-state index contributed by atoms with van der Waals surface area (Å²) < 4.78 is 33.9. The Bertz CT molecular complexity index is 965. The quantitative estimate of drug-likeness (QED) is 0.658.